The summed E-state index contributed by atoms with van der Waals surface area (Å²) in [6.07, 6.45) is 0.798. The molecule has 0 amide bonds. The van der Waals surface area contributed by atoms with Gasteiger partial charge in [-0.25, -0.2) is 0 Å². The number of rotatable bonds is 4. The van der Waals surface area contributed by atoms with Crippen LogP contribution in [0.2, 0.25) is 0 Å². The lowest BCUT2D eigenvalue weighted by Crippen LogP contribution is -1.93. The van der Waals surface area contributed by atoms with Gasteiger partial charge < -0.3 is 4.74 Å². The Morgan fingerprint density at radius 2 is 1.79 bits per heavy atom. The minimum absolute atomic E-state index is 0.0279. The van der Waals surface area contributed by atoms with Crippen LogP contribution in [-0.2, 0) is 0 Å². The number of Topliss-reactive ketones (excluding diaryl/α,β-unsaturated/α-hetero) is 1. The fraction of sp³-hybridized carbons (Fsp3) is 0.125. The van der Waals surface area contributed by atoms with Gasteiger partial charge in [0.1, 0.15) is 12.0 Å². The van der Waals surface area contributed by atoms with Gasteiger partial charge in [0, 0.05) is 16.7 Å². The fourth-order valence-electron chi connectivity index (χ4n) is 1.91. The zero-order chi connectivity index (χ0) is 13.8. The molecule has 3 heteroatoms. The topological polar surface area (TPSA) is 43.4 Å². The molecule has 0 N–H and O–H groups in total. The van der Waals surface area contributed by atoms with Gasteiger partial charge in [-0.2, -0.15) is 0 Å². The number of hydrogen-bond donors (Lipinski definition) is 0. The number of benzene rings is 2. The molecule has 0 aromatic heterocycles. The third kappa shape index (κ3) is 2.71. The molecule has 0 radical (unpaired) electrons. The molecule has 0 heterocycles. The van der Waals surface area contributed by atoms with Gasteiger partial charge in [0.15, 0.2) is 5.78 Å². The van der Waals surface area contributed by atoms with Crippen molar-refractivity contribution in [2.24, 2.45) is 0 Å². The first-order chi connectivity index (χ1) is 9.15. The maximum absolute atomic E-state index is 11.2. The lowest BCUT2D eigenvalue weighted by atomic mass is 10.00. The highest BCUT2D eigenvalue weighted by Crippen LogP contribution is 2.30. The van der Waals surface area contributed by atoms with Crippen LogP contribution in [0.3, 0.4) is 0 Å². The molecule has 2 aromatic carbocycles. The van der Waals surface area contributed by atoms with Gasteiger partial charge >= 0.3 is 0 Å². The Morgan fingerprint density at radius 1 is 1.11 bits per heavy atom. The maximum atomic E-state index is 11.2. The van der Waals surface area contributed by atoms with E-state index in [4.69, 9.17) is 4.74 Å². The van der Waals surface area contributed by atoms with E-state index < -0.39 is 0 Å². The van der Waals surface area contributed by atoms with Crippen LogP contribution in [-0.4, -0.2) is 19.2 Å². The molecule has 2 rings (SSSR count). The van der Waals surface area contributed by atoms with E-state index in [0.717, 1.165) is 17.4 Å². The highest BCUT2D eigenvalue weighted by atomic mass is 16.5. The van der Waals surface area contributed by atoms with Crippen molar-refractivity contribution in [3.8, 4) is 16.9 Å². The fourth-order valence-corrected chi connectivity index (χ4v) is 1.91. The maximum Gasteiger partial charge on any atom is 0.159 e. The summed E-state index contributed by atoms with van der Waals surface area (Å²) in [7, 11) is 1.59. The van der Waals surface area contributed by atoms with Crippen LogP contribution in [0.5, 0.6) is 5.75 Å². The van der Waals surface area contributed by atoms with Crippen molar-refractivity contribution >= 4 is 12.1 Å². The molecule has 19 heavy (non-hydrogen) atoms. The largest absolute Gasteiger partial charge is 0.496 e. The minimum atomic E-state index is 0.0279. The Bertz CT molecular complexity index is 612. The van der Waals surface area contributed by atoms with E-state index in [1.807, 2.05) is 12.1 Å². The van der Waals surface area contributed by atoms with E-state index in [1.165, 1.54) is 6.92 Å². The molecule has 0 bridgehead atoms. The second-order valence-electron chi connectivity index (χ2n) is 4.21. The summed E-state index contributed by atoms with van der Waals surface area (Å²) in [6, 6.07) is 12.5. The van der Waals surface area contributed by atoms with Crippen LogP contribution >= 0.6 is 0 Å². The Labute approximate surface area is 111 Å². The number of carbonyl (C=O) groups excluding carboxylic acids is 2. The Kier molecular flexibility index (Phi) is 3.76. The molecular formula is C16H14O3. The first kappa shape index (κ1) is 13.0. The van der Waals surface area contributed by atoms with E-state index in [1.54, 1.807) is 37.4 Å². The van der Waals surface area contributed by atoms with Crippen LogP contribution < -0.4 is 4.74 Å². The number of ether oxygens (including phenoxy) is 1. The van der Waals surface area contributed by atoms with Crippen LogP contribution in [0.1, 0.15) is 27.6 Å². The number of hydrogen-bond acceptors (Lipinski definition) is 3. The van der Waals surface area contributed by atoms with Crippen molar-refractivity contribution in [3.63, 3.8) is 0 Å². The second-order valence-corrected chi connectivity index (χ2v) is 4.21. The first-order valence-electron chi connectivity index (χ1n) is 5.90. The lowest BCUT2D eigenvalue weighted by Gasteiger charge is -2.09. The normalized spacial score (nSPS) is 10.0. The molecule has 0 aliphatic rings. The van der Waals surface area contributed by atoms with Gasteiger partial charge in [-0.05, 0) is 30.7 Å². The average molecular weight is 254 g/mol. The van der Waals surface area contributed by atoms with Gasteiger partial charge in [-0.3, -0.25) is 9.59 Å². The van der Waals surface area contributed by atoms with Crippen LogP contribution in [0.15, 0.2) is 42.5 Å². The summed E-state index contributed by atoms with van der Waals surface area (Å²) < 4.78 is 5.29. The van der Waals surface area contributed by atoms with E-state index in [2.05, 4.69) is 0 Å². The first-order valence-corrected chi connectivity index (χ1v) is 5.90. The van der Waals surface area contributed by atoms with Gasteiger partial charge in [-0.15, -0.1) is 0 Å². The standard InChI is InChI=1S/C16H14O3/c1-11(18)13-4-6-14(7-5-13)15-9-12(10-17)3-8-16(15)19-2/h3-10H,1-2H3. The lowest BCUT2D eigenvalue weighted by molar-refractivity contribution is 0.101. The summed E-state index contributed by atoms with van der Waals surface area (Å²) in [5.74, 6) is 0.723. The number of methoxy groups -OCH3 is 1. The van der Waals surface area contributed by atoms with Gasteiger partial charge in [-0.1, -0.05) is 24.3 Å². The molecule has 0 aliphatic heterocycles. The van der Waals surface area contributed by atoms with Crippen LogP contribution in [0, 0.1) is 0 Å². The quantitative estimate of drug-likeness (QED) is 0.620. The van der Waals surface area contributed by atoms with Crippen LogP contribution in [0.4, 0.5) is 0 Å². The van der Waals surface area contributed by atoms with E-state index in [-0.39, 0.29) is 5.78 Å². The van der Waals surface area contributed by atoms with E-state index >= 15 is 0 Å². The van der Waals surface area contributed by atoms with Gasteiger partial charge in [0.05, 0.1) is 7.11 Å². The summed E-state index contributed by atoms with van der Waals surface area (Å²) in [4.78, 5) is 22.1. The SMILES string of the molecule is COc1ccc(C=O)cc1-c1ccc(C(C)=O)cc1. The predicted octanol–water partition coefficient (Wildman–Crippen LogP) is 3.38. The molecule has 0 saturated carbocycles. The Hall–Kier alpha value is -2.42. The molecule has 0 fully saturated rings. The Balaban J connectivity index is 2.50. The van der Waals surface area contributed by atoms with Gasteiger partial charge in [0.2, 0.25) is 0 Å². The zero-order valence-corrected chi connectivity index (χ0v) is 10.8. The smallest absolute Gasteiger partial charge is 0.159 e. The van der Waals surface area contributed by atoms with Crippen molar-refractivity contribution < 1.29 is 14.3 Å². The number of carbonyl (C=O) groups is 2. The molecule has 0 unspecified atom stereocenters. The number of ketones is 1. The second kappa shape index (κ2) is 5.48. The van der Waals surface area contributed by atoms with Crippen molar-refractivity contribution in [1.29, 1.82) is 0 Å². The summed E-state index contributed by atoms with van der Waals surface area (Å²) in [6.45, 7) is 1.53. The summed E-state index contributed by atoms with van der Waals surface area (Å²) >= 11 is 0. The summed E-state index contributed by atoms with van der Waals surface area (Å²) in [5, 5.41) is 0. The average Bonchev–Trinajstić information content (AvgIpc) is 2.46. The molecular weight excluding hydrogens is 240 g/mol. The van der Waals surface area contributed by atoms with Crippen molar-refractivity contribution in [1.82, 2.24) is 0 Å². The third-order valence-corrected chi connectivity index (χ3v) is 2.96. The zero-order valence-electron chi connectivity index (χ0n) is 10.8. The van der Waals surface area contributed by atoms with Crippen LogP contribution in [0.25, 0.3) is 11.1 Å². The molecule has 0 saturated heterocycles. The molecule has 3 nitrogen and oxygen atoms in total. The van der Waals surface area contributed by atoms with Crippen molar-refractivity contribution in [2.75, 3.05) is 7.11 Å². The Morgan fingerprint density at radius 3 is 2.32 bits per heavy atom. The van der Waals surface area contributed by atoms with Crippen molar-refractivity contribution in [2.45, 2.75) is 6.92 Å². The molecule has 2 aromatic rings. The molecule has 96 valence electrons. The minimum Gasteiger partial charge on any atom is -0.496 e. The van der Waals surface area contributed by atoms with E-state index in [9.17, 15) is 9.59 Å². The third-order valence-electron chi connectivity index (χ3n) is 2.96. The number of aldehydes is 1. The summed E-state index contributed by atoms with van der Waals surface area (Å²) in [5.41, 5.74) is 2.99. The van der Waals surface area contributed by atoms with E-state index in [0.29, 0.717) is 16.9 Å². The molecule has 0 aliphatic carbocycles. The molecule has 0 atom stereocenters. The molecule has 0 spiro atoms. The monoisotopic (exact) mass is 254 g/mol. The predicted molar refractivity (Wildman–Crippen MR) is 73.8 cm³/mol. The highest BCUT2D eigenvalue weighted by molar-refractivity contribution is 5.94. The van der Waals surface area contributed by atoms with Gasteiger partial charge in [0.25, 0.3) is 0 Å². The van der Waals surface area contributed by atoms with Crippen molar-refractivity contribution in [3.05, 3.63) is 53.6 Å². The highest BCUT2D eigenvalue weighted by Gasteiger charge is 2.08.